The fourth-order valence-corrected chi connectivity index (χ4v) is 2.48. The van der Waals surface area contributed by atoms with Gasteiger partial charge in [0.15, 0.2) is 0 Å². The minimum absolute atomic E-state index is 0.00857. The Morgan fingerprint density at radius 3 is 2.92 bits per heavy atom. The van der Waals surface area contributed by atoms with E-state index in [9.17, 15) is 4.79 Å². The second-order valence-corrected chi connectivity index (χ2v) is 4.51. The summed E-state index contributed by atoms with van der Waals surface area (Å²) in [5.41, 5.74) is 0. The first-order valence-electron chi connectivity index (χ1n) is 4.57. The first kappa shape index (κ1) is 10.9. The Morgan fingerprint density at radius 1 is 1.62 bits per heavy atom. The third-order valence-corrected chi connectivity index (χ3v) is 3.45. The molecule has 0 aromatic heterocycles. The summed E-state index contributed by atoms with van der Waals surface area (Å²) in [6.07, 6.45) is 5.57. The molecule has 0 radical (unpaired) electrons. The van der Waals surface area contributed by atoms with Crippen molar-refractivity contribution in [1.82, 2.24) is 5.32 Å². The van der Waals surface area contributed by atoms with E-state index in [-0.39, 0.29) is 12.5 Å². The van der Waals surface area contributed by atoms with Crippen LogP contribution in [0.15, 0.2) is 0 Å². The Bertz CT molecular complexity index is 175. The highest BCUT2D eigenvalue weighted by atomic mass is 32.2. The topological polar surface area (TPSA) is 38.3 Å². The summed E-state index contributed by atoms with van der Waals surface area (Å²) in [5, 5.41) is 3.70. The molecule has 76 valence electrons. The Hall–Kier alpha value is -0.220. The molecule has 0 aromatic carbocycles. The summed E-state index contributed by atoms with van der Waals surface area (Å²) in [6.45, 7) is 0.181. The number of rotatable bonds is 4. The first-order valence-corrected chi connectivity index (χ1v) is 5.86. The van der Waals surface area contributed by atoms with Crippen molar-refractivity contribution in [3.8, 4) is 0 Å². The smallest absolute Gasteiger partial charge is 0.246 e. The summed E-state index contributed by atoms with van der Waals surface area (Å²) in [6, 6.07) is 0.375. The molecule has 1 aliphatic carbocycles. The van der Waals surface area contributed by atoms with Crippen molar-refractivity contribution >= 4 is 17.7 Å². The van der Waals surface area contributed by atoms with Crippen LogP contribution in [0, 0.1) is 0 Å². The number of nitrogens with one attached hydrogen (secondary N) is 1. The van der Waals surface area contributed by atoms with Crippen LogP contribution >= 0.6 is 11.8 Å². The summed E-state index contributed by atoms with van der Waals surface area (Å²) >= 11 is 1.89. The molecule has 1 amide bonds. The number of carbonyl (C=O) groups is 1. The van der Waals surface area contributed by atoms with Gasteiger partial charge in [-0.25, -0.2) is 0 Å². The Balaban J connectivity index is 2.19. The molecule has 0 heterocycles. The molecule has 4 heteroatoms. The second-order valence-electron chi connectivity index (χ2n) is 3.37. The molecular formula is C9H17NO2S. The minimum atomic E-state index is 0.00857. The standard InChI is InChI=1S/C9H17NO2S/c1-12-6-9(11)10-7-3-4-8(5-7)13-2/h7-8H,3-6H2,1-2H3,(H,10,11). The van der Waals surface area contributed by atoms with Crippen molar-refractivity contribution in [2.75, 3.05) is 20.0 Å². The maximum Gasteiger partial charge on any atom is 0.246 e. The van der Waals surface area contributed by atoms with Crippen LogP contribution in [-0.2, 0) is 9.53 Å². The van der Waals surface area contributed by atoms with E-state index >= 15 is 0 Å². The summed E-state index contributed by atoms with van der Waals surface area (Å²) in [7, 11) is 1.54. The van der Waals surface area contributed by atoms with Gasteiger partial charge in [-0.2, -0.15) is 11.8 Å². The monoisotopic (exact) mass is 203 g/mol. The predicted octanol–water partition coefficient (Wildman–Crippen LogP) is 1.03. The zero-order valence-corrected chi connectivity index (χ0v) is 9.02. The second kappa shape index (κ2) is 5.50. The lowest BCUT2D eigenvalue weighted by Crippen LogP contribution is -2.35. The van der Waals surface area contributed by atoms with E-state index in [0.29, 0.717) is 6.04 Å². The molecular weight excluding hydrogens is 186 g/mol. The Kier molecular flexibility index (Phi) is 4.59. The zero-order chi connectivity index (χ0) is 9.68. The molecule has 0 saturated heterocycles. The fraction of sp³-hybridized carbons (Fsp3) is 0.889. The largest absolute Gasteiger partial charge is 0.375 e. The van der Waals surface area contributed by atoms with Crippen molar-refractivity contribution in [2.45, 2.75) is 30.6 Å². The highest BCUT2D eigenvalue weighted by Gasteiger charge is 2.24. The molecule has 0 aliphatic heterocycles. The average Bonchev–Trinajstić information content (AvgIpc) is 2.52. The van der Waals surface area contributed by atoms with Gasteiger partial charge in [0, 0.05) is 18.4 Å². The summed E-state index contributed by atoms with van der Waals surface area (Å²) in [4.78, 5) is 11.2. The molecule has 0 spiro atoms. The lowest BCUT2D eigenvalue weighted by molar-refractivity contribution is -0.125. The van der Waals surface area contributed by atoms with Gasteiger partial charge in [0.1, 0.15) is 6.61 Å². The highest BCUT2D eigenvalue weighted by molar-refractivity contribution is 7.99. The maximum atomic E-state index is 11.2. The molecule has 1 aliphatic rings. The van der Waals surface area contributed by atoms with Crippen molar-refractivity contribution in [1.29, 1.82) is 0 Å². The number of carbonyl (C=O) groups excluding carboxylic acids is 1. The van der Waals surface area contributed by atoms with E-state index in [2.05, 4.69) is 11.6 Å². The lowest BCUT2D eigenvalue weighted by Gasteiger charge is -2.11. The molecule has 1 fully saturated rings. The van der Waals surface area contributed by atoms with Gasteiger partial charge in [-0.05, 0) is 25.5 Å². The minimum Gasteiger partial charge on any atom is -0.375 e. The van der Waals surface area contributed by atoms with E-state index in [1.165, 1.54) is 6.42 Å². The quantitative estimate of drug-likeness (QED) is 0.741. The molecule has 13 heavy (non-hydrogen) atoms. The first-order chi connectivity index (χ1) is 6.26. The molecule has 3 nitrogen and oxygen atoms in total. The molecule has 1 rings (SSSR count). The third kappa shape index (κ3) is 3.56. The fourth-order valence-electron chi connectivity index (χ4n) is 1.69. The molecule has 0 bridgehead atoms. The van der Waals surface area contributed by atoms with Crippen molar-refractivity contribution in [3.63, 3.8) is 0 Å². The van der Waals surface area contributed by atoms with Crippen LogP contribution in [0.1, 0.15) is 19.3 Å². The number of hydrogen-bond acceptors (Lipinski definition) is 3. The Labute approximate surface area is 83.6 Å². The van der Waals surface area contributed by atoms with E-state index in [0.717, 1.165) is 18.1 Å². The van der Waals surface area contributed by atoms with Gasteiger partial charge in [0.25, 0.3) is 0 Å². The SMILES string of the molecule is COCC(=O)NC1CCC(SC)C1. The van der Waals surface area contributed by atoms with Gasteiger partial charge in [0.2, 0.25) is 5.91 Å². The summed E-state index contributed by atoms with van der Waals surface area (Å²) in [5.74, 6) is 0.00857. The molecule has 1 saturated carbocycles. The average molecular weight is 203 g/mol. The molecule has 0 aromatic rings. The van der Waals surface area contributed by atoms with Gasteiger partial charge >= 0.3 is 0 Å². The van der Waals surface area contributed by atoms with Crippen LogP contribution in [0.3, 0.4) is 0 Å². The number of methoxy groups -OCH3 is 1. The highest BCUT2D eigenvalue weighted by Crippen LogP contribution is 2.27. The molecule has 2 unspecified atom stereocenters. The van der Waals surface area contributed by atoms with Crippen molar-refractivity contribution in [3.05, 3.63) is 0 Å². The zero-order valence-electron chi connectivity index (χ0n) is 8.21. The van der Waals surface area contributed by atoms with Gasteiger partial charge in [0.05, 0.1) is 0 Å². The lowest BCUT2D eigenvalue weighted by atomic mass is 10.2. The van der Waals surface area contributed by atoms with Crippen LogP contribution in [0.25, 0.3) is 0 Å². The predicted molar refractivity (Wildman–Crippen MR) is 55.0 cm³/mol. The Morgan fingerprint density at radius 2 is 2.38 bits per heavy atom. The van der Waals surface area contributed by atoms with Crippen LogP contribution in [0.4, 0.5) is 0 Å². The molecule has 1 N–H and O–H groups in total. The van der Waals surface area contributed by atoms with E-state index < -0.39 is 0 Å². The van der Waals surface area contributed by atoms with E-state index in [1.54, 1.807) is 7.11 Å². The number of hydrogen-bond donors (Lipinski definition) is 1. The number of ether oxygens (including phenoxy) is 1. The van der Waals surface area contributed by atoms with Crippen LogP contribution < -0.4 is 5.32 Å². The van der Waals surface area contributed by atoms with Crippen LogP contribution in [-0.4, -0.2) is 37.2 Å². The van der Waals surface area contributed by atoms with Gasteiger partial charge in [-0.15, -0.1) is 0 Å². The molecule has 2 atom stereocenters. The van der Waals surface area contributed by atoms with E-state index in [1.807, 2.05) is 11.8 Å². The van der Waals surface area contributed by atoms with Gasteiger partial charge in [-0.1, -0.05) is 0 Å². The van der Waals surface area contributed by atoms with Crippen LogP contribution in [0.5, 0.6) is 0 Å². The van der Waals surface area contributed by atoms with Crippen molar-refractivity contribution in [2.24, 2.45) is 0 Å². The summed E-state index contributed by atoms with van der Waals surface area (Å²) < 4.78 is 4.75. The van der Waals surface area contributed by atoms with Gasteiger partial charge in [-0.3, -0.25) is 4.79 Å². The van der Waals surface area contributed by atoms with Gasteiger partial charge < -0.3 is 10.1 Å². The van der Waals surface area contributed by atoms with Crippen LogP contribution in [0.2, 0.25) is 0 Å². The maximum absolute atomic E-state index is 11.2. The third-order valence-electron chi connectivity index (χ3n) is 2.36. The number of amides is 1. The number of thioether (sulfide) groups is 1. The van der Waals surface area contributed by atoms with Crippen molar-refractivity contribution < 1.29 is 9.53 Å². The normalized spacial score (nSPS) is 27.5. The van der Waals surface area contributed by atoms with E-state index in [4.69, 9.17) is 4.74 Å².